The van der Waals surface area contributed by atoms with Crippen molar-refractivity contribution in [2.24, 2.45) is 41.4 Å². The molecule has 0 aromatic heterocycles. The third kappa shape index (κ3) is 24.1. The van der Waals surface area contributed by atoms with Crippen LogP contribution in [0.3, 0.4) is 0 Å². The maximum absolute atomic E-state index is 15.1. The van der Waals surface area contributed by atoms with E-state index in [1.165, 1.54) is 72.9 Å². The van der Waals surface area contributed by atoms with E-state index in [1.54, 1.807) is 39.8 Å². The number of allylic oxidation sites excluding steroid dienone is 2. The van der Waals surface area contributed by atoms with Gasteiger partial charge in [0.15, 0.2) is 6.04 Å². The number of aliphatic hydroxyl groups is 1. The van der Waals surface area contributed by atoms with Crippen molar-refractivity contribution in [2.75, 3.05) is 48.8 Å². The fraction of sp³-hybridized carbons (Fsp3) is 0.778. The predicted molar refractivity (Wildman–Crippen MR) is 337 cm³/mol. The van der Waals surface area contributed by atoms with Crippen molar-refractivity contribution in [3.63, 3.8) is 0 Å². The van der Waals surface area contributed by atoms with Crippen molar-refractivity contribution in [3.8, 4) is 0 Å². The van der Waals surface area contributed by atoms with Gasteiger partial charge in [-0.3, -0.25) is 47.9 Å². The van der Waals surface area contributed by atoms with Gasteiger partial charge >= 0.3 is 12.1 Å². The molecule has 1 aliphatic rings. The minimum absolute atomic E-state index is 0.0694. The SMILES string of the molecule is C/C=C/C[C@@H](C)[C@@H](O)[C@H]1C(=O)O[C@H](C)[C@H](NC(=O)O)C(=O)N(C)CC(=O)N(C)[C@@H](CC(C)C)C(=O)N[C@@H](CC(C)C)C(=O)N(C)[C@@H](CC(C)C)C(=O)N[C@@H](C)C(=O)N[C@H](C)C(=O)N(C)[C@@H](CC(C)C)C(=O)N[C@@H](CC(C)C)C(=O)N(C)[C@@H](C(C)C)C(=O)N1C. The third-order valence-electron chi connectivity index (χ3n) is 16.0. The number of esters is 1. The molecule has 26 heteroatoms. The summed E-state index contributed by atoms with van der Waals surface area (Å²) in [6.45, 7) is 28.3. The number of hydrogen-bond donors (Lipinski definition) is 7. The summed E-state index contributed by atoms with van der Waals surface area (Å²) in [7, 11) is 7.93. The Hall–Kier alpha value is -6.86. The Balaban J connectivity index is 4.36. The van der Waals surface area contributed by atoms with Crippen LogP contribution >= 0.6 is 0 Å². The van der Waals surface area contributed by atoms with Crippen LogP contribution in [-0.2, 0) is 57.5 Å². The van der Waals surface area contributed by atoms with Crippen LogP contribution in [0, 0.1) is 41.4 Å². The van der Waals surface area contributed by atoms with Crippen LogP contribution in [0.25, 0.3) is 0 Å². The van der Waals surface area contributed by atoms with Gasteiger partial charge < -0.3 is 70.9 Å². The van der Waals surface area contributed by atoms with Crippen LogP contribution in [0.1, 0.15) is 156 Å². The number of cyclic esters (lactones) is 1. The average molecular weight is 1260 g/mol. The quantitative estimate of drug-likeness (QED) is 0.0863. The van der Waals surface area contributed by atoms with Crippen molar-refractivity contribution >= 4 is 71.1 Å². The van der Waals surface area contributed by atoms with Crippen LogP contribution in [0.2, 0.25) is 0 Å². The van der Waals surface area contributed by atoms with E-state index in [9.17, 15) is 63.0 Å². The number of nitrogens with zero attached hydrogens (tertiary/aromatic N) is 6. The first-order valence-corrected chi connectivity index (χ1v) is 31.3. The van der Waals surface area contributed by atoms with E-state index in [4.69, 9.17) is 4.74 Å². The van der Waals surface area contributed by atoms with Gasteiger partial charge in [0.05, 0.1) is 12.6 Å². The van der Waals surface area contributed by atoms with Gasteiger partial charge in [-0.2, -0.15) is 0 Å². The topological polar surface area (TPSA) is 334 Å². The van der Waals surface area contributed by atoms with Gasteiger partial charge in [0.25, 0.3) is 0 Å². The number of amides is 11. The highest BCUT2D eigenvalue weighted by Crippen LogP contribution is 2.25. The van der Waals surface area contributed by atoms with E-state index >= 15 is 4.79 Å². The third-order valence-corrected chi connectivity index (χ3v) is 16.0. The van der Waals surface area contributed by atoms with Gasteiger partial charge in [-0.25, -0.2) is 9.59 Å². The van der Waals surface area contributed by atoms with E-state index in [0.29, 0.717) is 0 Å². The summed E-state index contributed by atoms with van der Waals surface area (Å²) in [6, 6.07) is -13.7. The molecule has 508 valence electrons. The molecule has 0 aliphatic carbocycles. The number of carboxylic acid groups (broad SMARTS) is 1. The first kappa shape index (κ1) is 80.2. The molecule has 13 atom stereocenters. The zero-order valence-corrected chi connectivity index (χ0v) is 57.5. The number of ether oxygens (including phenoxy) is 1. The van der Waals surface area contributed by atoms with Gasteiger partial charge in [0.1, 0.15) is 60.5 Å². The highest BCUT2D eigenvalue weighted by Gasteiger charge is 2.46. The first-order chi connectivity index (χ1) is 41.0. The number of aliphatic hydroxyl groups excluding tert-OH is 1. The van der Waals surface area contributed by atoms with Gasteiger partial charge in [-0.05, 0) is 108 Å². The van der Waals surface area contributed by atoms with Crippen LogP contribution in [0.4, 0.5) is 4.79 Å². The van der Waals surface area contributed by atoms with Crippen molar-refractivity contribution in [1.82, 2.24) is 56.0 Å². The average Bonchev–Trinajstić information content (AvgIpc) is 1.65. The second-order valence-electron chi connectivity index (χ2n) is 26.7. The Bertz CT molecular complexity index is 2470. The maximum Gasteiger partial charge on any atom is 0.405 e. The van der Waals surface area contributed by atoms with E-state index in [2.05, 4.69) is 26.6 Å². The summed E-state index contributed by atoms with van der Waals surface area (Å²) in [5, 5.41) is 35.1. The molecule has 1 saturated heterocycles. The number of likely N-dealkylation sites (N-methyl/N-ethyl adjacent to an activating group) is 6. The van der Waals surface area contributed by atoms with Gasteiger partial charge in [0.2, 0.25) is 59.1 Å². The molecule has 89 heavy (non-hydrogen) atoms. The molecule has 0 spiro atoms. The molecule has 0 saturated carbocycles. The standard InChI is InChI=1S/C63H111N11O15/c1-24-25-26-39(14)52(76)51-62(86)89-42(17)49(68-63(87)88)60(84)69(18)32-48(75)70(19)45(29-35(6)7)55(79)66-43(27-33(2)3)58(82)72(21)46(30-36(8)9)54(78)64-40(15)53(77)65-41(16)57(81)71(20)47(31-37(10)11)56(80)67-44(28-34(4)5)59(83)73(22)50(38(12)13)61(85)74(51)23/h24-25,33-47,49-52,68,76H,26-32H2,1-23H3,(H,64,78)(H,65,77)(H,66,79)(H,67,80)(H,87,88)/b25-24+/t39-,40+,41-,42-,43+,44+,45+,46+,47+,49+,50+,51+,52-/m1/s1. The molecule has 11 amide bonds. The first-order valence-electron chi connectivity index (χ1n) is 31.3. The van der Waals surface area contributed by atoms with Crippen LogP contribution in [-0.4, -0.2) is 232 Å². The van der Waals surface area contributed by atoms with E-state index in [0.717, 1.165) is 19.6 Å². The maximum atomic E-state index is 15.1. The summed E-state index contributed by atoms with van der Waals surface area (Å²) in [5.74, 6) is -11.2. The van der Waals surface area contributed by atoms with Gasteiger partial charge in [0, 0.05) is 42.3 Å². The Morgan fingerprint density at radius 3 is 1.34 bits per heavy atom. The van der Waals surface area contributed by atoms with Gasteiger partial charge in [-0.15, -0.1) is 0 Å². The van der Waals surface area contributed by atoms with Crippen molar-refractivity contribution in [2.45, 2.75) is 229 Å². The largest absolute Gasteiger partial charge is 0.465 e. The number of hydrogen-bond acceptors (Lipinski definition) is 14. The zero-order valence-electron chi connectivity index (χ0n) is 57.5. The van der Waals surface area contributed by atoms with E-state index in [-0.39, 0.29) is 68.1 Å². The fourth-order valence-electron chi connectivity index (χ4n) is 10.8. The summed E-state index contributed by atoms with van der Waals surface area (Å²) in [5.41, 5.74) is 0. The minimum atomic E-state index is -1.89. The van der Waals surface area contributed by atoms with Crippen LogP contribution < -0.4 is 26.6 Å². The van der Waals surface area contributed by atoms with Crippen molar-refractivity contribution < 1.29 is 72.5 Å². The van der Waals surface area contributed by atoms with Crippen molar-refractivity contribution in [1.29, 1.82) is 0 Å². The molecule has 0 radical (unpaired) electrons. The number of carbonyl (C=O) groups is 12. The highest BCUT2D eigenvalue weighted by atomic mass is 16.5. The molecule has 1 fully saturated rings. The van der Waals surface area contributed by atoms with Crippen LogP contribution in [0.15, 0.2) is 12.2 Å². The molecule has 0 unspecified atom stereocenters. The molecular formula is C63H111N11O15. The fourth-order valence-corrected chi connectivity index (χ4v) is 10.8. The number of nitrogens with one attached hydrogen (secondary N) is 5. The second-order valence-corrected chi connectivity index (χ2v) is 26.7. The Morgan fingerprint density at radius 1 is 0.528 bits per heavy atom. The Kier molecular flexibility index (Phi) is 33.1. The normalized spacial score (nSPS) is 27.0. The summed E-state index contributed by atoms with van der Waals surface area (Å²) in [6.07, 6.45) is -0.885. The summed E-state index contributed by atoms with van der Waals surface area (Å²) < 4.78 is 5.85. The lowest BCUT2D eigenvalue weighted by Gasteiger charge is -2.40. The molecule has 26 nitrogen and oxygen atoms in total. The van der Waals surface area contributed by atoms with Gasteiger partial charge in [-0.1, -0.05) is 102 Å². The molecular weight excluding hydrogens is 1150 g/mol. The molecule has 1 rings (SSSR count). The second kappa shape index (κ2) is 36.7. The van der Waals surface area contributed by atoms with Crippen LogP contribution in [0.5, 0.6) is 0 Å². The monoisotopic (exact) mass is 1260 g/mol. The van der Waals surface area contributed by atoms with E-state index < -0.39 is 162 Å². The Labute approximate surface area is 529 Å². The minimum Gasteiger partial charge on any atom is -0.465 e. The lowest BCUT2D eigenvalue weighted by atomic mass is 9.92. The molecule has 0 aromatic rings. The molecule has 1 aliphatic heterocycles. The lowest BCUT2D eigenvalue weighted by Crippen LogP contribution is -2.62. The highest BCUT2D eigenvalue weighted by molar-refractivity contribution is 5.99. The smallest absolute Gasteiger partial charge is 0.405 e. The molecule has 0 aromatic carbocycles. The predicted octanol–water partition coefficient (Wildman–Crippen LogP) is 2.99. The number of carbonyl (C=O) groups excluding carboxylic acids is 11. The Morgan fingerprint density at radius 2 is 0.921 bits per heavy atom. The van der Waals surface area contributed by atoms with Crippen molar-refractivity contribution in [3.05, 3.63) is 12.2 Å². The van der Waals surface area contributed by atoms with E-state index in [1.807, 2.05) is 69.2 Å². The summed E-state index contributed by atoms with van der Waals surface area (Å²) >= 11 is 0. The molecule has 7 N–H and O–H groups in total. The zero-order chi connectivity index (χ0) is 69.0. The molecule has 1 heterocycles. The molecule has 0 bridgehead atoms. The lowest BCUT2D eigenvalue weighted by molar-refractivity contribution is -0.169. The number of rotatable bonds is 16. The summed E-state index contributed by atoms with van der Waals surface area (Å²) in [4.78, 5) is 178.